The third kappa shape index (κ3) is 3.49. The third-order valence-corrected chi connectivity index (χ3v) is 9.93. The molecule has 0 saturated heterocycles. The van der Waals surface area contributed by atoms with Crippen molar-refractivity contribution in [1.82, 2.24) is 9.13 Å². The second-order valence-corrected chi connectivity index (χ2v) is 12.5. The Labute approximate surface area is 274 Å². The van der Waals surface area contributed by atoms with Crippen LogP contribution in [-0.2, 0) is 0 Å². The average Bonchev–Trinajstić information content (AvgIpc) is 3.88. The normalized spacial score (nSPS) is 12.2. The van der Waals surface area contributed by atoms with E-state index in [1.165, 1.54) is 21.8 Å². The number of furan rings is 2. The summed E-state index contributed by atoms with van der Waals surface area (Å²) in [5, 5.41) is 8.14. The van der Waals surface area contributed by atoms with E-state index in [0.717, 1.165) is 77.4 Å². The maximum atomic E-state index is 6.61. The monoisotopic (exact) mass is 614 g/mol. The first kappa shape index (κ1) is 25.6. The minimum Gasteiger partial charge on any atom is -0.456 e. The van der Waals surface area contributed by atoms with Gasteiger partial charge in [-0.25, -0.2) is 0 Å². The van der Waals surface area contributed by atoms with Crippen molar-refractivity contribution in [2.75, 3.05) is 0 Å². The molecule has 0 amide bonds. The SMILES string of the molecule is c1ccc(-n2c3ccc(-c4ccc5c(c4)oc4cc(-n6c7ccccc7c7ccccc76)ccc45)cc3c3c4ccccc4oc32)cc1. The van der Waals surface area contributed by atoms with Gasteiger partial charge in [0.1, 0.15) is 16.7 Å². The first-order valence-corrected chi connectivity index (χ1v) is 16.3. The molecule has 0 aliphatic heterocycles. The van der Waals surface area contributed by atoms with E-state index in [1.54, 1.807) is 0 Å². The van der Waals surface area contributed by atoms with E-state index in [-0.39, 0.29) is 0 Å². The molecule has 11 rings (SSSR count). The standard InChI is InChI=1S/C44H26N2O2/c1-2-10-29(11-3-1)46-39-23-19-27(24-36(39)43-35-14-6-9-17-40(35)48-44(43)46)28-18-21-33-34-22-20-30(26-42(34)47-41(33)25-28)45-37-15-7-4-12-31(37)32-13-5-8-16-38(32)45/h1-26H. The number of aromatic nitrogens is 2. The highest BCUT2D eigenvalue weighted by Crippen LogP contribution is 2.41. The van der Waals surface area contributed by atoms with Crippen molar-refractivity contribution in [3.05, 3.63) is 158 Å². The number of rotatable bonds is 3. The molecule has 0 N–H and O–H groups in total. The Balaban J connectivity index is 1.08. The van der Waals surface area contributed by atoms with Crippen LogP contribution in [0.25, 0.3) is 99.2 Å². The summed E-state index contributed by atoms with van der Waals surface area (Å²) in [6.45, 7) is 0. The fourth-order valence-electron chi connectivity index (χ4n) is 7.79. The maximum Gasteiger partial charge on any atom is 0.213 e. The van der Waals surface area contributed by atoms with Crippen LogP contribution in [-0.4, -0.2) is 9.13 Å². The highest BCUT2D eigenvalue weighted by molar-refractivity contribution is 6.20. The van der Waals surface area contributed by atoms with Crippen LogP contribution in [0.1, 0.15) is 0 Å². The van der Waals surface area contributed by atoms with E-state index in [0.29, 0.717) is 0 Å². The summed E-state index contributed by atoms with van der Waals surface area (Å²) in [5.74, 6) is 0. The topological polar surface area (TPSA) is 36.1 Å². The van der Waals surface area contributed by atoms with E-state index in [9.17, 15) is 0 Å². The van der Waals surface area contributed by atoms with Gasteiger partial charge in [0.2, 0.25) is 5.71 Å². The smallest absolute Gasteiger partial charge is 0.213 e. The minimum absolute atomic E-state index is 0.862. The van der Waals surface area contributed by atoms with Crippen molar-refractivity contribution in [3.63, 3.8) is 0 Å². The van der Waals surface area contributed by atoms with Crippen molar-refractivity contribution in [2.45, 2.75) is 0 Å². The fraction of sp³-hybridized carbons (Fsp3) is 0. The molecule has 48 heavy (non-hydrogen) atoms. The lowest BCUT2D eigenvalue weighted by Crippen LogP contribution is -1.93. The molecule has 4 aromatic heterocycles. The highest BCUT2D eigenvalue weighted by Gasteiger charge is 2.20. The summed E-state index contributed by atoms with van der Waals surface area (Å²) < 4.78 is 17.7. The molecule has 0 unspecified atom stereocenters. The largest absolute Gasteiger partial charge is 0.456 e. The van der Waals surface area contributed by atoms with Gasteiger partial charge in [-0.05, 0) is 77.9 Å². The fourth-order valence-corrected chi connectivity index (χ4v) is 7.79. The molecule has 0 radical (unpaired) electrons. The Kier molecular flexibility index (Phi) is 5.08. The molecule has 0 bridgehead atoms. The molecule has 4 nitrogen and oxygen atoms in total. The lowest BCUT2D eigenvalue weighted by atomic mass is 10.0. The lowest BCUT2D eigenvalue weighted by molar-refractivity contribution is 0.645. The summed E-state index contributed by atoms with van der Waals surface area (Å²) in [5.41, 5.74) is 11.4. The number of hydrogen-bond donors (Lipinski definition) is 0. The summed E-state index contributed by atoms with van der Waals surface area (Å²) in [4.78, 5) is 0. The predicted molar refractivity (Wildman–Crippen MR) is 198 cm³/mol. The molecule has 0 atom stereocenters. The molecule has 0 aliphatic rings. The van der Waals surface area contributed by atoms with Gasteiger partial charge in [-0.1, -0.05) is 84.9 Å². The molecule has 4 heterocycles. The Hall–Kier alpha value is -6.52. The molecule has 0 spiro atoms. The number of hydrogen-bond acceptors (Lipinski definition) is 2. The quantitative estimate of drug-likeness (QED) is 0.198. The summed E-state index contributed by atoms with van der Waals surface area (Å²) >= 11 is 0. The van der Waals surface area contributed by atoms with E-state index in [4.69, 9.17) is 8.83 Å². The second kappa shape index (κ2) is 9.50. The summed E-state index contributed by atoms with van der Waals surface area (Å²) in [7, 11) is 0. The van der Waals surface area contributed by atoms with Crippen LogP contribution in [0.2, 0.25) is 0 Å². The zero-order valence-corrected chi connectivity index (χ0v) is 25.7. The van der Waals surface area contributed by atoms with Gasteiger partial charge in [-0.3, -0.25) is 4.57 Å². The van der Waals surface area contributed by atoms with Gasteiger partial charge in [0.25, 0.3) is 0 Å². The molecular weight excluding hydrogens is 588 g/mol. The van der Waals surface area contributed by atoms with Gasteiger partial charge in [0.15, 0.2) is 0 Å². The number of para-hydroxylation sites is 4. The molecular formula is C44H26N2O2. The van der Waals surface area contributed by atoms with E-state index < -0.39 is 0 Å². The predicted octanol–water partition coefficient (Wildman–Crippen LogP) is 12.2. The Morgan fingerprint density at radius 1 is 0.333 bits per heavy atom. The van der Waals surface area contributed by atoms with Crippen molar-refractivity contribution in [1.29, 1.82) is 0 Å². The lowest BCUT2D eigenvalue weighted by Gasteiger charge is -2.07. The maximum absolute atomic E-state index is 6.61. The van der Waals surface area contributed by atoms with E-state index in [2.05, 4.69) is 149 Å². The third-order valence-electron chi connectivity index (χ3n) is 9.93. The Bertz CT molecular complexity index is 3010. The van der Waals surface area contributed by atoms with Crippen LogP contribution in [0.15, 0.2) is 167 Å². The van der Waals surface area contributed by atoms with Gasteiger partial charge in [-0.2, -0.15) is 0 Å². The van der Waals surface area contributed by atoms with E-state index >= 15 is 0 Å². The molecule has 7 aromatic carbocycles. The van der Waals surface area contributed by atoms with Crippen molar-refractivity contribution in [3.8, 4) is 22.5 Å². The number of fused-ring (bicyclic) bond motifs is 11. The summed E-state index contributed by atoms with van der Waals surface area (Å²) in [6, 6.07) is 55.8. The Morgan fingerprint density at radius 2 is 0.938 bits per heavy atom. The second-order valence-electron chi connectivity index (χ2n) is 12.5. The first-order chi connectivity index (χ1) is 23.8. The molecule has 4 heteroatoms. The van der Waals surface area contributed by atoms with Crippen molar-refractivity contribution in [2.24, 2.45) is 0 Å². The molecule has 11 aromatic rings. The molecule has 0 saturated carbocycles. The van der Waals surface area contributed by atoms with E-state index in [1.807, 2.05) is 18.2 Å². The van der Waals surface area contributed by atoms with Crippen LogP contribution in [0.4, 0.5) is 0 Å². The first-order valence-electron chi connectivity index (χ1n) is 16.3. The van der Waals surface area contributed by atoms with Crippen molar-refractivity contribution < 1.29 is 8.83 Å². The van der Waals surface area contributed by atoms with Gasteiger partial charge >= 0.3 is 0 Å². The molecule has 0 fully saturated rings. The number of nitrogens with zero attached hydrogens (tertiary/aromatic N) is 2. The molecule has 0 aliphatic carbocycles. The average molecular weight is 615 g/mol. The van der Waals surface area contributed by atoms with Crippen LogP contribution < -0.4 is 0 Å². The van der Waals surface area contributed by atoms with Gasteiger partial charge < -0.3 is 13.4 Å². The zero-order chi connectivity index (χ0) is 31.3. The Morgan fingerprint density at radius 3 is 1.73 bits per heavy atom. The van der Waals surface area contributed by atoms with Gasteiger partial charge in [0.05, 0.1) is 21.9 Å². The van der Waals surface area contributed by atoms with Gasteiger partial charge in [0, 0.05) is 49.8 Å². The summed E-state index contributed by atoms with van der Waals surface area (Å²) in [6.07, 6.45) is 0. The van der Waals surface area contributed by atoms with Crippen LogP contribution in [0.3, 0.4) is 0 Å². The highest BCUT2D eigenvalue weighted by atomic mass is 16.3. The zero-order valence-electron chi connectivity index (χ0n) is 25.7. The number of benzene rings is 7. The molecule has 224 valence electrons. The van der Waals surface area contributed by atoms with Crippen LogP contribution >= 0.6 is 0 Å². The van der Waals surface area contributed by atoms with Crippen molar-refractivity contribution >= 4 is 76.7 Å². The van der Waals surface area contributed by atoms with Gasteiger partial charge in [-0.15, -0.1) is 0 Å². The minimum atomic E-state index is 0.862. The van der Waals surface area contributed by atoms with Crippen LogP contribution in [0, 0.1) is 0 Å². The van der Waals surface area contributed by atoms with Crippen LogP contribution in [0.5, 0.6) is 0 Å².